The number of benzene rings is 1. The number of hydrogen-bond acceptors (Lipinski definition) is 3. The molecule has 23 heavy (non-hydrogen) atoms. The van der Waals surface area contributed by atoms with Gasteiger partial charge in [-0.05, 0) is 24.5 Å². The van der Waals surface area contributed by atoms with Crippen LogP contribution in [0.4, 0.5) is 0 Å². The Hall–Kier alpha value is -2.40. The molecule has 1 aromatic heterocycles. The first kappa shape index (κ1) is 15.5. The first-order valence-electron chi connectivity index (χ1n) is 7.70. The Balaban J connectivity index is 1.66. The Morgan fingerprint density at radius 2 is 1.96 bits per heavy atom. The minimum atomic E-state index is -0.580. The van der Waals surface area contributed by atoms with Crippen molar-refractivity contribution >= 4 is 5.91 Å². The molecule has 1 unspecified atom stereocenters. The van der Waals surface area contributed by atoms with Crippen LogP contribution >= 0.6 is 0 Å². The van der Waals surface area contributed by atoms with Crippen molar-refractivity contribution in [3.63, 3.8) is 0 Å². The normalized spacial score (nSPS) is 16.6. The molecular weight excluding hydrogens is 292 g/mol. The summed E-state index contributed by atoms with van der Waals surface area (Å²) in [5.41, 5.74) is 0.885. The Labute approximate surface area is 134 Å². The zero-order valence-electron chi connectivity index (χ0n) is 13.0. The fourth-order valence-electron chi connectivity index (χ4n) is 2.78. The topological polar surface area (TPSA) is 71.3 Å². The van der Waals surface area contributed by atoms with Crippen LogP contribution in [0.2, 0.25) is 0 Å². The third kappa shape index (κ3) is 3.19. The molecule has 120 valence electrons. The van der Waals surface area contributed by atoms with Crippen LogP contribution < -0.4 is 10.9 Å². The number of hydrogen-bond donors (Lipinski definition) is 2. The molecule has 1 atom stereocenters. The first-order valence-corrected chi connectivity index (χ1v) is 7.70. The minimum absolute atomic E-state index is 0.153. The maximum atomic E-state index is 12.2. The zero-order chi connectivity index (χ0) is 16.4. The molecule has 2 N–H and O–H groups in total. The highest BCUT2D eigenvalue weighted by Gasteiger charge is 2.49. The lowest BCUT2D eigenvalue weighted by molar-refractivity contribution is 0.0807. The van der Waals surface area contributed by atoms with Gasteiger partial charge in [0.2, 0.25) is 5.56 Å². The van der Waals surface area contributed by atoms with Crippen LogP contribution in [0, 0.1) is 5.41 Å². The lowest BCUT2D eigenvalue weighted by atomic mass is 9.92. The number of pyridine rings is 1. The molecular formula is C18H20N2O3. The Kier molecular flexibility index (Phi) is 4.05. The average molecular weight is 312 g/mol. The highest BCUT2D eigenvalue weighted by atomic mass is 16.3. The van der Waals surface area contributed by atoms with E-state index < -0.39 is 6.10 Å². The number of nitrogens with zero attached hydrogens (tertiary/aromatic N) is 1. The van der Waals surface area contributed by atoms with E-state index in [-0.39, 0.29) is 16.9 Å². The van der Waals surface area contributed by atoms with Gasteiger partial charge < -0.3 is 15.0 Å². The molecule has 0 spiro atoms. The van der Waals surface area contributed by atoms with Gasteiger partial charge in [-0.25, -0.2) is 0 Å². The first-order chi connectivity index (χ1) is 11.0. The van der Waals surface area contributed by atoms with Crippen LogP contribution in [0.5, 0.6) is 0 Å². The van der Waals surface area contributed by atoms with Crippen molar-refractivity contribution in [1.29, 1.82) is 0 Å². The molecule has 2 aromatic rings. The maximum absolute atomic E-state index is 12.2. The standard InChI is InChI=1S/C18H20N2O3/c1-20-11-14(7-8-15(20)21)17(23)19-12-18(9-10-18)16(22)13-5-3-2-4-6-13/h2-8,11,16,22H,9-10,12H2,1H3,(H,19,23). The highest BCUT2D eigenvalue weighted by Crippen LogP contribution is 2.54. The van der Waals surface area contributed by atoms with Gasteiger partial charge in [-0.15, -0.1) is 0 Å². The summed E-state index contributed by atoms with van der Waals surface area (Å²) in [6, 6.07) is 12.4. The fourth-order valence-corrected chi connectivity index (χ4v) is 2.78. The number of nitrogens with one attached hydrogen (secondary N) is 1. The van der Waals surface area contributed by atoms with Gasteiger partial charge in [-0.1, -0.05) is 30.3 Å². The number of aryl methyl sites for hydroxylation is 1. The molecule has 1 amide bonds. The highest BCUT2D eigenvalue weighted by molar-refractivity contribution is 5.93. The summed E-state index contributed by atoms with van der Waals surface area (Å²) < 4.78 is 1.38. The van der Waals surface area contributed by atoms with Crippen LogP contribution in [0.1, 0.15) is 34.9 Å². The largest absolute Gasteiger partial charge is 0.388 e. The van der Waals surface area contributed by atoms with Gasteiger partial charge in [0.05, 0.1) is 11.7 Å². The van der Waals surface area contributed by atoms with Crippen LogP contribution in [-0.4, -0.2) is 22.1 Å². The smallest absolute Gasteiger partial charge is 0.252 e. The number of carbonyl (C=O) groups is 1. The van der Waals surface area contributed by atoms with Crippen molar-refractivity contribution in [2.24, 2.45) is 12.5 Å². The van der Waals surface area contributed by atoms with Crippen LogP contribution in [0.15, 0.2) is 53.5 Å². The van der Waals surface area contributed by atoms with Crippen LogP contribution in [-0.2, 0) is 7.05 Å². The van der Waals surface area contributed by atoms with E-state index in [2.05, 4.69) is 5.32 Å². The zero-order valence-corrected chi connectivity index (χ0v) is 13.0. The van der Waals surface area contributed by atoms with Gasteiger partial charge >= 0.3 is 0 Å². The number of carbonyl (C=O) groups excluding carboxylic acids is 1. The molecule has 1 aliphatic carbocycles. The van der Waals surface area contributed by atoms with Gasteiger partial charge in [-0.3, -0.25) is 9.59 Å². The number of rotatable bonds is 5. The van der Waals surface area contributed by atoms with E-state index in [0.717, 1.165) is 18.4 Å². The lowest BCUT2D eigenvalue weighted by Gasteiger charge is -2.23. The second-order valence-corrected chi connectivity index (χ2v) is 6.23. The summed E-state index contributed by atoms with van der Waals surface area (Å²) in [6.45, 7) is 0.421. The quantitative estimate of drug-likeness (QED) is 0.881. The van der Waals surface area contributed by atoms with E-state index in [9.17, 15) is 14.7 Å². The Bertz CT molecular complexity index is 763. The molecule has 1 fully saturated rings. The van der Waals surface area contributed by atoms with E-state index in [1.165, 1.54) is 22.9 Å². The Morgan fingerprint density at radius 1 is 1.26 bits per heavy atom. The summed E-state index contributed by atoms with van der Waals surface area (Å²) in [5, 5.41) is 13.5. The van der Waals surface area contributed by atoms with Crippen molar-refractivity contribution in [1.82, 2.24) is 9.88 Å². The molecule has 1 aliphatic rings. The lowest BCUT2D eigenvalue weighted by Crippen LogP contribution is -2.34. The number of aromatic nitrogens is 1. The molecule has 3 rings (SSSR count). The number of aliphatic hydroxyl groups excluding tert-OH is 1. The van der Waals surface area contributed by atoms with Gasteiger partial charge in [0.25, 0.3) is 5.91 Å². The molecule has 0 aliphatic heterocycles. The minimum Gasteiger partial charge on any atom is -0.388 e. The molecule has 5 nitrogen and oxygen atoms in total. The van der Waals surface area contributed by atoms with Crippen molar-refractivity contribution < 1.29 is 9.90 Å². The summed E-state index contributed by atoms with van der Waals surface area (Å²) >= 11 is 0. The number of aliphatic hydroxyl groups is 1. The van der Waals surface area contributed by atoms with Gasteiger partial charge in [0.15, 0.2) is 0 Å². The van der Waals surface area contributed by atoms with Crippen LogP contribution in [0.3, 0.4) is 0 Å². The molecule has 5 heteroatoms. The van der Waals surface area contributed by atoms with Crippen molar-refractivity contribution in [2.75, 3.05) is 6.54 Å². The van der Waals surface area contributed by atoms with Crippen molar-refractivity contribution in [2.45, 2.75) is 18.9 Å². The fraction of sp³-hybridized carbons (Fsp3) is 0.333. The molecule has 1 saturated carbocycles. The van der Waals surface area contributed by atoms with E-state index >= 15 is 0 Å². The van der Waals surface area contributed by atoms with Crippen molar-refractivity contribution in [3.05, 3.63) is 70.1 Å². The molecule has 1 heterocycles. The predicted octanol–water partition coefficient (Wildman–Crippen LogP) is 1.63. The SMILES string of the molecule is Cn1cc(C(=O)NCC2(C(O)c3ccccc3)CC2)ccc1=O. The second kappa shape index (κ2) is 6.01. The number of amides is 1. The average Bonchev–Trinajstić information content (AvgIpc) is 3.36. The third-order valence-electron chi connectivity index (χ3n) is 4.54. The molecule has 0 saturated heterocycles. The Morgan fingerprint density at radius 3 is 2.57 bits per heavy atom. The summed E-state index contributed by atoms with van der Waals surface area (Å²) in [7, 11) is 1.61. The van der Waals surface area contributed by atoms with E-state index in [1.54, 1.807) is 7.05 Å². The van der Waals surface area contributed by atoms with E-state index in [1.807, 2.05) is 30.3 Å². The third-order valence-corrected chi connectivity index (χ3v) is 4.54. The maximum Gasteiger partial charge on any atom is 0.252 e. The van der Waals surface area contributed by atoms with Gasteiger partial charge in [0, 0.05) is 31.3 Å². The van der Waals surface area contributed by atoms with Crippen molar-refractivity contribution in [3.8, 4) is 0 Å². The summed E-state index contributed by atoms with van der Waals surface area (Å²) in [4.78, 5) is 23.6. The predicted molar refractivity (Wildman–Crippen MR) is 87.1 cm³/mol. The van der Waals surface area contributed by atoms with E-state index in [0.29, 0.717) is 12.1 Å². The molecule has 0 radical (unpaired) electrons. The molecule has 0 bridgehead atoms. The summed E-state index contributed by atoms with van der Waals surface area (Å²) in [5.74, 6) is -0.230. The van der Waals surface area contributed by atoms with Crippen LogP contribution in [0.25, 0.3) is 0 Å². The van der Waals surface area contributed by atoms with E-state index in [4.69, 9.17) is 0 Å². The summed E-state index contributed by atoms with van der Waals surface area (Å²) in [6.07, 6.45) is 2.71. The molecule has 1 aromatic carbocycles. The second-order valence-electron chi connectivity index (χ2n) is 6.23. The van der Waals surface area contributed by atoms with Gasteiger partial charge in [0.1, 0.15) is 0 Å². The van der Waals surface area contributed by atoms with Gasteiger partial charge in [-0.2, -0.15) is 0 Å². The monoisotopic (exact) mass is 312 g/mol.